The van der Waals surface area contributed by atoms with Gasteiger partial charge in [0, 0.05) is 5.31 Å². The summed E-state index contributed by atoms with van der Waals surface area (Å²) in [5.41, 5.74) is -0.616. The summed E-state index contributed by atoms with van der Waals surface area (Å²) < 4.78 is 12.4. The maximum atomic E-state index is 10.6. The maximum Gasteiger partial charge on any atom is 0.467 e. The van der Waals surface area contributed by atoms with Crippen molar-refractivity contribution >= 4 is 7.12 Å². The molecule has 1 saturated carbocycles. The van der Waals surface area contributed by atoms with Crippen molar-refractivity contribution in [3.63, 3.8) is 0 Å². The number of unbranched alkanes of at least 4 members (excludes halogenated alkanes) is 1. The Balaban J connectivity index is 2.12. The van der Waals surface area contributed by atoms with E-state index < -0.39 is 0 Å². The Hall–Kier alpha value is -0.0551. The lowest BCUT2D eigenvalue weighted by Gasteiger charge is -2.32. The summed E-state index contributed by atoms with van der Waals surface area (Å²) in [6.07, 6.45) is 3.73. The molecule has 0 bridgehead atoms. The van der Waals surface area contributed by atoms with Crippen molar-refractivity contribution in [3.05, 3.63) is 0 Å². The predicted octanol–water partition coefficient (Wildman–Crippen LogP) is 3.41. The van der Waals surface area contributed by atoms with E-state index >= 15 is 0 Å². The monoisotopic (exact) mass is 268 g/mol. The molecule has 2 fully saturated rings. The van der Waals surface area contributed by atoms with Crippen molar-refractivity contribution < 1.29 is 14.4 Å². The highest BCUT2D eigenvalue weighted by atomic mass is 16.7. The molecule has 1 saturated heterocycles. The van der Waals surface area contributed by atoms with Crippen LogP contribution in [-0.2, 0) is 9.31 Å². The molecule has 0 amide bonds. The van der Waals surface area contributed by atoms with Crippen LogP contribution < -0.4 is 0 Å². The topological polar surface area (TPSA) is 38.7 Å². The Bertz CT molecular complexity index is 326. The van der Waals surface area contributed by atoms with Gasteiger partial charge in [-0.25, -0.2) is 0 Å². The van der Waals surface area contributed by atoms with Crippen LogP contribution in [0.15, 0.2) is 0 Å². The van der Waals surface area contributed by atoms with Crippen LogP contribution in [0.5, 0.6) is 0 Å². The molecule has 2 rings (SSSR count). The molecule has 0 aromatic rings. The minimum atomic E-state index is -0.308. The zero-order valence-corrected chi connectivity index (χ0v) is 13.3. The molecular weight excluding hydrogens is 239 g/mol. The zero-order chi connectivity index (χ0) is 14.5. The second kappa shape index (κ2) is 4.75. The van der Waals surface area contributed by atoms with Gasteiger partial charge >= 0.3 is 7.12 Å². The standard InChI is InChI=1S/C15H29BO3/c1-7-8-9-12(17)15(10-11(15)2)16-18-13(3,4)14(5,6)19-16/h11-12,17H,7-10H2,1-6H3/t11-,12-,15+/m1/s1. The quantitative estimate of drug-likeness (QED) is 0.776. The lowest BCUT2D eigenvalue weighted by atomic mass is 9.62. The number of hydrogen-bond donors (Lipinski definition) is 1. The Morgan fingerprint density at radius 3 is 2.05 bits per heavy atom. The van der Waals surface area contributed by atoms with Crippen LogP contribution in [0.4, 0.5) is 0 Å². The van der Waals surface area contributed by atoms with E-state index in [0.717, 1.165) is 25.7 Å². The van der Waals surface area contributed by atoms with E-state index in [1.807, 2.05) is 0 Å². The van der Waals surface area contributed by atoms with Gasteiger partial charge in [-0.2, -0.15) is 0 Å². The van der Waals surface area contributed by atoms with Crippen molar-refractivity contribution in [1.29, 1.82) is 0 Å². The summed E-state index contributed by atoms with van der Waals surface area (Å²) >= 11 is 0. The molecule has 2 aliphatic rings. The van der Waals surface area contributed by atoms with Crippen LogP contribution in [0.2, 0.25) is 5.31 Å². The van der Waals surface area contributed by atoms with Crippen molar-refractivity contribution in [2.24, 2.45) is 5.92 Å². The highest BCUT2D eigenvalue weighted by Gasteiger charge is 2.70. The Labute approximate surface area is 118 Å². The highest BCUT2D eigenvalue weighted by Crippen LogP contribution is 2.67. The van der Waals surface area contributed by atoms with Gasteiger partial charge in [0.1, 0.15) is 0 Å². The first kappa shape index (κ1) is 15.3. The molecule has 0 spiro atoms. The molecule has 110 valence electrons. The lowest BCUT2D eigenvalue weighted by molar-refractivity contribution is 0.00578. The minimum absolute atomic E-state index is 0.180. The smallest absolute Gasteiger partial charge is 0.403 e. The first-order valence-electron chi connectivity index (χ1n) is 7.71. The summed E-state index contributed by atoms with van der Waals surface area (Å²) in [7, 11) is -0.264. The van der Waals surface area contributed by atoms with Gasteiger partial charge in [-0.1, -0.05) is 26.7 Å². The number of rotatable bonds is 5. The molecule has 0 aromatic carbocycles. The van der Waals surface area contributed by atoms with Gasteiger partial charge in [0.25, 0.3) is 0 Å². The molecule has 0 unspecified atom stereocenters. The molecule has 1 N–H and O–H groups in total. The van der Waals surface area contributed by atoms with Crippen LogP contribution in [-0.4, -0.2) is 29.5 Å². The minimum Gasteiger partial charge on any atom is -0.403 e. The van der Waals surface area contributed by atoms with Crippen molar-refractivity contribution in [2.75, 3.05) is 0 Å². The normalized spacial score (nSPS) is 37.4. The van der Waals surface area contributed by atoms with Crippen molar-refractivity contribution in [1.82, 2.24) is 0 Å². The van der Waals surface area contributed by atoms with Crippen molar-refractivity contribution in [3.8, 4) is 0 Å². The zero-order valence-electron chi connectivity index (χ0n) is 13.3. The molecule has 0 radical (unpaired) electrons. The summed E-state index contributed by atoms with van der Waals surface area (Å²) in [6, 6.07) is 0. The number of aliphatic hydroxyl groups is 1. The van der Waals surface area contributed by atoms with Gasteiger partial charge in [-0.05, 0) is 46.5 Å². The fourth-order valence-corrected chi connectivity index (χ4v) is 3.15. The molecule has 4 heteroatoms. The summed E-state index contributed by atoms with van der Waals surface area (Å²) in [4.78, 5) is 0. The third kappa shape index (κ3) is 2.36. The van der Waals surface area contributed by atoms with Crippen LogP contribution in [0.3, 0.4) is 0 Å². The molecule has 1 heterocycles. The van der Waals surface area contributed by atoms with Gasteiger partial charge in [0.15, 0.2) is 0 Å². The molecular formula is C15H29BO3. The van der Waals surface area contributed by atoms with E-state index in [-0.39, 0.29) is 29.7 Å². The first-order valence-corrected chi connectivity index (χ1v) is 7.71. The van der Waals surface area contributed by atoms with Gasteiger partial charge in [0.05, 0.1) is 17.3 Å². The van der Waals surface area contributed by atoms with Crippen molar-refractivity contribution in [2.45, 2.75) is 89.8 Å². The van der Waals surface area contributed by atoms with Crippen LogP contribution >= 0.6 is 0 Å². The average Bonchev–Trinajstić information content (AvgIpc) is 2.91. The largest absolute Gasteiger partial charge is 0.467 e. The Kier molecular flexibility index (Phi) is 3.83. The third-order valence-corrected chi connectivity index (χ3v) is 5.56. The SMILES string of the molecule is CCCC[C@@H](O)[C@]1(B2OC(C)(C)C(C)(C)O2)C[C@H]1C. The molecule has 3 nitrogen and oxygen atoms in total. The second-order valence-electron chi connectivity index (χ2n) is 7.46. The Morgan fingerprint density at radius 1 is 1.21 bits per heavy atom. The fraction of sp³-hybridized carbons (Fsp3) is 1.00. The highest BCUT2D eigenvalue weighted by molar-refractivity contribution is 6.51. The van der Waals surface area contributed by atoms with E-state index in [1.165, 1.54) is 0 Å². The summed E-state index contributed by atoms with van der Waals surface area (Å²) in [5.74, 6) is 0.481. The second-order valence-corrected chi connectivity index (χ2v) is 7.46. The average molecular weight is 268 g/mol. The van der Waals surface area contributed by atoms with E-state index in [9.17, 15) is 5.11 Å². The molecule has 3 atom stereocenters. The van der Waals surface area contributed by atoms with Crippen LogP contribution in [0.25, 0.3) is 0 Å². The van der Waals surface area contributed by atoms with Gasteiger partial charge in [-0.15, -0.1) is 0 Å². The maximum absolute atomic E-state index is 10.6. The fourth-order valence-electron chi connectivity index (χ4n) is 3.15. The van der Waals surface area contributed by atoms with Crippen LogP contribution in [0, 0.1) is 5.92 Å². The van der Waals surface area contributed by atoms with E-state index in [1.54, 1.807) is 0 Å². The van der Waals surface area contributed by atoms with Crippen LogP contribution in [0.1, 0.15) is 67.2 Å². The molecule has 1 aliphatic heterocycles. The lowest BCUT2D eigenvalue weighted by Crippen LogP contribution is -2.41. The molecule has 19 heavy (non-hydrogen) atoms. The number of aliphatic hydroxyl groups excluding tert-OH is 1. The molecule has 0 aromatic heterocycles. The summed E-state index contributed by atoms with van der Waals surface area (Å²) in [6.45, 7) is 12.7. The van der Waals surface area contributed by atoms with E-state index in [0.29, 0.717) is 5.92 Å². The summed E-state index contributed by atoms with van der Waals surface area (Å²) in [5, 5.41) is 10.4. The molecule has 1 aliphatic carbocycles. The predicted molar refractivity (Wildman–Crippen MR) is 78.1 cm³/mol. The van der Waals surface area contributed by atoms with Gasteiger partial charge in [-0.3, -0.25) is 0 Å². The first-order chi connectivity index (χ1) is 8.67. The van der Waals surface area contributed by atoms with E-state index in [2.05, 4.69) is 41.5 Å². The van der Waals surface area contributed by atoms with Gasteiger partial charge in [0.2, 0.25) is 0 Å². The third-order valence-electron chi connectivity index (χ3n) is 5.56. The van der Waals surface area contributed by atoms with E-state index in [4.69, 9.17) is 9.31 Å². The number of hydrogen-bond acceptors (Lipinski definition) is 3. The van der Waals surface area contributed by atoms with Gasteiger partial charge < -0.3 is 14.4 Å². The Morgan fingerprint density at radius 2 is 1.68 bits per heavy atom.